The molecule has 0 fully saturated rings. The SMILES string of the molecule is CCOc1ccc(CNc2cccc3cccnc23)cc1. The summed E-state index contributed by atoms with van der Waals surface area (Å²) in [6.07, 6.45) is 1.82. The Morgan fingerprint density at radius 3 is 2.62 bits per heavy atom. The summed E-state index contributed by atoms with van der Waals surface area (Å²) < 4.78 is 5.45. The fraction of sp³-hybridized carbons (Fsp3) is 0.167. The molecule has 3 aromatic rings. The lowest BCUT2D eigenvalue weighted by atomic mass is 10.1. The minimum Gasteiger partial charge on any atom is -0.494 e. The Hall–Kier alpha value is -2.55. The Kier molecular flexibility index (Phi) is 4.01. The molecule has 0 spiro atoms. The molecule has 2 aromatic carbocycles. The number of benzene rings is 2. The van der Waals surface area contributed by atoms with Gasteiger partial charge in [0.2, 0.25) is 0 Å². The van der Waals surface area contributed by atoms with Crippen LogP contribution >= 0.6 is 0 Å². The Morgan fingerprint density at radius 2 is 1.81 bits per heavy atom. The highest BCUT2D eigenvalue weighted by Gasteiger charge is 2.01. The Balaban J connectivity index is 1.74. The monoisotopic (exact) mass is 278 g/mol. The van der Waals surface area contributed by atoms with Gasteiger partial charge in [-0.3, -0.25) is 4.98 Å². The summed E-state index contributed by atoms with van der Waals surface area (Å²) in [4.78, 5) is 4.45. The van der Waals surface area contributed by atoms with Crippen LogP contribution in [0.25, 0.3) is 10.9 Å². The first-order valence-electron chi connectivity index (χ1n) is 7.16. The Labute approximate surface area is 124 Å². The van der Waals surface area contributed by atoms with Crippen molar-refractivity contribution in [3.05, 3.63) is 66.4 Å². The summed E-state index contributed by atoms with van der Waals surface area (Å²) in [5, 5.41) is 4.60. The number of hydrogen-bond acceptors (Lipinski definition) is 3. The van der Waals surface area contributed by atoms with E-state index in [4.69, 9.17) is 4.74 Å². The van der Waals surface area contributed by atoms with Crippen LogP contribution in [-0.4, -0.2) is 11.6 Å². The van der Waals surface area contributed by atoms with Crippen molar-refractivity contribution in [2.75, 3.05) is 11.9 Å². The molecule has 3 rings (SSSR count). The number of fused-ring (bicyclic) bond motifs is 1. The largest absolute Gasteiger partial charge is 0.494 e. The molecular formula is C18H18N2O. The fourth-order valence-electron chi connectivity index (χ4n) is 2.31. The van der Waals surface area contributed by atoms with Gasteiger partial charge in [0.15, 0.2) is 0 Å². The average molecular weight is 278 g/mol. The maximum absolute atomic E-state index is 5.45. The Morgan fingerprint density at radius 1 is 1.00 bits per heavy atom. The second-order valence-corrected chi connectivity index (χ2v) is 4.81. The topological polar surface area (TPSA) is 34.1 Å². The molecule has 0 saturated carbocycles. The third kappa shape index (κ3) is 3.14. The fourth-order valence-corrected chi connectivity index (χ4v) is 2.31. The predicted molar refractivity (Wildman–Crippen MR) is 86.7 cm³/mol. The first-order valence-corrected chi connectivity index (χ1v) is 7.16. The van der Waals surface area contributed by atoms with E-state index in [0.717, 1.165) is 28.9 Å². The lowest BCUT2D eigenvalue weighted by molar-refractivity contribution is 0.340. The zero-order valence-electron chi connectivity index (χ0n) is 12.0. The lowest BCUT2D eigenvalue weighted by Gasteiger charge is -2.10. The molecule has 0 amide bonds. The van der Waals surface area contributed by atoms with Gasteiger partial charge < -0.3 is 10.1 Å². The molecule has 0 aliphatic carbocycles. The van der Waals surface area contributed by atoms with Gasteiger partial charge in [0.1, 0.15) is 5.75 Å². The molecule has 21 heavy (non-hydrogen) atoms. The molecule has 106 valence electrons. The molecule has 0 unspecified atom stereocenters. The molecule has 0 saturated heterocycles. The van der Waals surface area contributed by atoms with Crippen LogP contribution in [0.5, 0.6) is 5.75 Å². The number of hydrogen-bond donors (Lipinski definition) is 1. The third-order valence-corrected chi connectivity index (χ3v) is 3.35. The van der Waals surface area contributed by atoms with Gasteiger partial charge in [0, 0.05) is 18.1 Å². The van der Waals surface area contributed by atoms with Gasteiger partial charge in [0.25, 0.3) is 0 Å². The van der Waals surface area contributed by atoms with Crippen molar-refractivity contribution in [2.45, 2.75) is 13.5 Å². The standard InChI is InChI=1S/C18H18N2O/c1-2-21-16-10-8-14(9-11-16)13-20-17-7-3-5-15-6-4-12-19-18(15)17/h3-12,20H,2,13H2,1H3. The molecule has 1 aromatic heterocycles. The zero-order valence-corrected chi connectivity index (χ0v) is 12.0. The smallest absolute Gasteiger partial charge is 0.119 e. The summed E-state index contributed by atoms with van der Waals surface area (Å²) >= 11 is 0. The number of rotatable bonds is 5. The van der Waals surface area contributed by atoms with E-state index >= 15 is 0 Å². The Bertz CT molecular complexity index is 717. The van der Waals surface area contributed by atoms with E-state index in [0.29, 0.717) is 6.61 Å². The quantitative estimate of drug-likeness (QED) is 0.757. The highest BCUT2D eigenvalue weighted by molar-refractivity contribution is 5.90. The molecule has 0 aliphatic rings. The number of nitrogens with zero attached hydrogens (tertiary/aromatic N) is 1. The average Bonchev–Trinajstić information content (AvgIpc) is 2.54. The summed E-state index contributed by atoms with van der Waals surface area (Å²) in [6, 6.07) is 18.4. The first kappa shape index (κ1) is 13.4. The van der Waals surface area contributed by atoms with Crippen molar-refractivity contribution in [3.8, 4) is 5.75 Å². The van der Waals surface area contributed by atoms with Gasteiger partial charge in [-0.2, -0.15) is 0 Å². The number of pyridine rings is 1. The van der Waals surface area contributed by atoms with E-state index in [1.165, 1.54) is 5.56 Å². The van der Waals surface area contributed by atoms with E-state index < -0.39 is 0 Å². The second-order valence-electron chi connectivity index (χ2n) is 4.81. The minimum atomic E-state index is 0.694. The van der Waals surface area contributed by atoms with Crippen molar-refractivity contribution < 1.29 is 4.74 Å². The molecule has 0 atom stereocenters. The van der Waals surface area contributed by atoms with Gasteiger partial charge in [-0.15, -0.1) is 0 Å². The van der Waals surface area contributed by atoms with E-state index in [9.17, 15) is 0 Å². The molecule has 3 nitrogen and oxygen atoms in total. The van der Waals surface area contributed by atoms with Crippen LogP contribution in [0.15, 0.2) is 60.8 Å². The lowest BCUT2D eigenvalue weighted by Crippen LogP contribution is -2.00. The van der Waals surface area contributed by atoms with E-state index in [-0.39, 0.29) is 0 Å². The van der Waals surface area contributed by atoms with Gasteiger partial charge in [-0.25, -0.2) is 0 Å². The van der Waals surface area contributed by atoms with Crippen molar-refractivity contribution in [1.29, 1.82) is 0 Å². The maximum atomic E-state index is 5.45. The number of nitrogens with one attached hydrogen (secondary N) is 1. The molecule has 0 bridgehead atoms. The summed E-state index contributed by atoms with van der Waals surface area (Å²) in [7, 11) is 0. The van der Waals surface area contributed by atoms with Crippen LogP contribution in [0.4, 0.5) is 5.69 Å². The molecule has 3 heteroatoms. The van der Waals surface area contributed by atoms with Crippen LogP contribution in [0.1, 0.15) is 12.5 Å². The van der Waals surface area contributed by atoms with Crippen LogP contribution in [0.2, 0.25) is 0 Å². The van der Waals surface area contributed by atoms with E-state index in [1.54, 1.807) is 0 Å². The van der Waals surface area contributed by atoms with Gasteiger partial charge in [-0.05, 0) is 36.8 Å². The number of anilines is 1. The highest BCUT2D eigenvalue weighted by Crippen LogP contribution is 2.21. The van der Waals surface area contributed by atoms with Gasteiger partial charge in [-0.1, -0.05) is 30.3 Å². The maximum Gasteiger partial charge on any atom is 0.119 e. The van der Waals surface area contributed by atoms with Crippen LogP contribution in [-0.2, 0) is 6.54 Å². The van der Waals surface area contributed by atoms with Crippen LogP contribution in [0, 0.1) is 0 Å². The van der Waals surface area contributed by atoms with Crippen molar-refractivity contribution in [3.63, 3.8) is 0 Å². The summed E-state index contributed by atoms with van der Waals surface area (Å²) in [5.41, 5.74) is 3.28. The summed E-state index contributed by atoms with van der Waals surface area (Å²) in [5.74, 6) is 0.910. The minimum absolute atomic E-state index is 0.694. The molecule has 0 aliphatic heterocycles. The van der Waals surface area contributed by atoms with Crippen LogP contribution in [0.3, 0.4) is 0 Å². The number of para-hydroxylation sites is 1. The molecule has 1 heterocycles. The highest BCUT2D eigenvalue weighted by atomic mass is 16.5. The van der Waals surface area contributed by atoms with Crippen molar-refractivity contribution in [1.82, 2.24) is 4.98 Å². The second kappa shape index (κ2) is 6.27. The predicted octanol–water partition coefficient (Wildman–Crippen LogP) is 4.25. The molecule has 1 N–H and O–H groups in total. The molecular weight excluding hydrogens is 260 g/mol. The van der Waals surface area contributed by atoms with Crippen LogP contribution < -0.4 is 10.1 Å². The number of ether oxygens (including phenoxy) is 1. The van der Waals surface area contributed by atoms with Gasteiger partial charge in [0.05, 0.1) is 17.8 Å². The zero-order chi connectivity index (χ0) is 14.5. The van der Waals surface area contributed by atoms with Gasteiger partial charge >= 0.3 is 0 Å². The summed E-state index contributed by atoms with van der Waals surface area (Å²) in [6.45, 7) is 3.45. The first-order chi connectivity index (χ1) is 10.4. The van der Waals surface area contributed by atoms with Crippen molar-refractivity contribution in [2.24, 2.45) is 0 Å². The molecule has 0 radical (unpaired) electrons. The van der Waals surface area contributed by atoms with Crippen molar-refractivity contribution >= 4 is 16.6 Å². The third-order valence-electron chi connectivity index (χ3n) is 3.35. The van der Waals surface area contributed by atoms with E-state index in [1.807, 2.05) is 37.4 Å². The number of aromatic nitrogens is 1. The normalized spacial score (nSPS) is 10.5. The van der Waals surface area contributed by atoms with E-state index in [2.05, 4.69) is 40.6 Å².